The van der Waals surface area contributed by atoms with Gasteiger partial charge in [-0.1, -0.05) is 0 Å². The summed E-state index contributed by atoms with van der Waals surface area (Å²) in [6, 6.07) is 7.34. The van der Waals surface area contributed by atoms with E-state index < -0.39 is 0 Å². The van der Waals surface area contributed by atoms with Crippen LogP contribution >= 0.6 is 0 Å². The molecule has 0 aliphatic carbocycles. The molecule has 2 atom stereocenters. The van der Waals surface area contributed by atoms with Crippen LogP contribution < -0.4 is 0 Å². The molecule has 126 valence electrons. The lowest BCUT2D eigenvalue weighted by Crippen LogP contribution is -2.37. The molecular weight excluding hydrogens is 308 g/mol. The molecule has 4 rings (SSSR count). The standard InChI is InChI=1S/C18H20N2O4/c21-17(16-2-1-7-24-16)20-8-15-10-23-13-18(15,11-20)12-22-9-14-3-5-19-6-4-14/h1-7,15H,8-13H2/t15-,18-/m1/s1. The van der Waals surface area contributed by atoms with Crippen molar-refractivity contribution in [2.45, 2.75) is 6.61 Å². The van der Waals surface area contributed by atoms with Crippen LogP contribution in [0.3, 0.4) is 0 Å². The van der Waals surface area contributed by atoms with E-state index in [0.717, 1.165) is 5.56 Å². The number of hydrogen-bond acceptors (Lipinski definition) is 5. The predicted molar refractivity (Wildman–Crippen MR) is 85.2 cm³/mol. The van der Waals surface area contributed by atoms with E-state index in [4.69, 9.17) is 13.9 Å². The van der Waals surface area contributed by atoms with Gasteiger partial charge in [0.25, 0.3) is 5.91 Å². The average Bonchev–Trinajstić information content (AvgIpc) is 3.31. The van der Waals surface area contributed by atoms with E-state index in [1.54, 1.807) is 24.5 Å². The third kappa shape index (κ3) is 2.83. The van der Waals surface area contributed by atoms with Gasteiger partial charge >= 0.3 is 0 Å². The summed E-state index contributed by atoms with van der Waals surface area (Å²) in [5, 5.41) is 0. The third-order valence-electron chi connectivity index (χ3n) is 4.95. The zero-order chi connectivity index (χ0) is 16.4. The van der Waals surface area contributed by atoms with Crippen molar-refractivity contribution in [2.75, 3.05) is 32.9 Å². The molecule has 6 nitrogen and oxygen atoms in total. The van der Waals surface area contributed by atoms with Crippen molar-refractivity contribution in [3.8, 4) is 0 Å². The quantitative estimate of drug-likeness (QED) is 0.840. The first-order valence-electron chi connectivity index (χ1n) is 8.14. The highest BCUT2D eigenvalue weighted by atomic mass is 16.5. The summed E-state index contributed by atoms with van der Waals surface area (Å²) in [7, 11) is 0. The van der Waals surface area contributed by atoms with Crippen LogP contribution in [0.25, 0.3) is 0 Å². The highest BCUT2D eigenvalue weighted by Gasteiger charge is 2.52. The topological polar surface area (TPSA) is 64.8 Å². The second-order valence-corrected chi connectivity index (χ2v) is 6.59. The maximum Gasteiger partial charge on any atom is 0.289 e. The molecule has 2 aliphatic rings. The Morgan fingerprint density at radius 1 is 1.38 bits per heavy atom. The van der Waals surface area contributed by atoms with E-state index in [-0.39, 0.29) is 11.3 Å². The van der Waals surface area contributed by atoms with Gasteiger partial charge in [0.05, 0.1) is 32.7 Å². The molecular formula is C18H20N2O4. The molecule has 2 aromatic rings. The number of carbonyl (C=O) groups excluding carboxylic acids is 1. The molecule has 0 radical (unpaired) electrons. The normalized spacial score (nSPS) is 25.8. The summed E-state index contributed by atoms with van der Waals surface area (Å²) in [4.78, 5) is 18.4. The summed E-state index contributed by atoms with van der Waals surface area (Å²) in [6.45, 7) is 3.78. The Morgan fingerprint density at radius 3 is 3.04 bits per heavy atom. The van der Waals surface area contributed by atoms with Gasteiger partial charge in [-0.05, 0) is 29.8 Å². The number of amides is 1. The van der Waals surface area contributed by atoms with Crippen LogP contribution in [0.2, 0.25) is 0 Å². The van der Waals surface area contributed by atoms with Crippen molar-refractivity contribution >= 4 is 5.91 Å². The second-order valence-electron chi connectivity index (χ2n) is 6.59. The van der Waals surface area contributed by atoms with Gasteiger partial charge < -0.3 is 18.8 Å². The van der Waals surface area contributed by atoms with E-state index >= 15 is 0 Å². The van der Waals surface area contributed by atoms with Crippen LogP contribution in [-0.4, -0.2) is 48.7 Å². The van der Waals surface area contributed by atoms with Gasteiger partial charge in [-0.3, -0.25) is 9.78 Å². The molecule has 0 N–H and O–H groups in total. The Labute approximate surface area is 140 Å². The zero-order valence-electron chi connectivity index (χ0n) is 13.4. The number of likely N-dealkylation sites (tertiary alicyclic amines) is 1. The molecule has 2 aliphatic heterocycles. The minimum atomic E-state index is -0.116. The number of rotatable bonds is 5. The molecule has 2 fully saturated rings. The molecule has 0 aromatic carbocycles. The fraction of sp³-hybridized carbons (Fsp3) is 0.444. The fourth-order valence-corrected chi connectivity index (χ4v) is 3.60. The molecule has 4 heterocycles. The van der Waals surface area contributed by atoms with Gasteiger partial charge in [0.15, 0.2) is 5.76 Å². The minimum Gasteiger partial charge on any atom is -0.459 e. The summed E-state index contributed by atoms with van der Waals surface area (Å²) in [6.07, 6.45) is 5.05. The molecule has 2 aromatic heterocycles. The van der Waals surface area contributed by atoms with Crippen LogP contribution in [0.4, 0.5) is 0 Å². The van der Waals surface area contributed by atoms with Gasteiger partial charge in [0.1, 0.15) is 0 Å². The number of pyridine rings is 1. The van der Waals surface area contributed by atoms with Crippen LogP contribution in [0.1, 0.15) is 16.1 Å². The van der Waals surface area contributed by atoms with Crippen molar-refractivity contribution in [1.29, 1.82) is 0 Å². The Bertz CT molecular complexity index is 688. The van der Waals surface area contributed by atoms with Crippen molar-refractivity contribution in [3.63, 3.8) is 0 Å². The van der Waals surface area contributed by atoms with Crippen LogP contribution in [-0.2, 0) is 16.1 Å². The molecule has 2 saturated heterocycles. The lowest BCUT2D eigenvalue weighted by atomic mass is 9.82. The first-order valence-corrected chi connectivity index (χ1v) is 8.14. The van der Waals surface area contributed by atoms with E-state index in [1.807, 2.05) is 17.0 Å². The molecule has 6 heteroatoms. The van der Waals surface area contributed by atoms with Gasteiger partial charge in [-0.2, -0.15) is 0 Å². The number of ether oxygens (including phenoxy) is 2. The molecule has 0 spiro atoms. The van der Waals surface area contributed by atoms with E-state index in [2.05, 4.69) is 4.98 Å². The number of carbonyl (C=O) groups is 1. The van der Waals surface area contributed by atoms with Crippen molar-refractivity contribution in [3.05, 3.63) is 54.2 Å². The number of nitrogens with zero attached hydrogens (tertiary/aromatic N) is 2. The summed E-state index contributed by atoms with van der Waals surface area (Å²) < 4.78 is 16.9. The first-order chi connectivity index (χ1) is 11.8. The minimum absolute atomic E-state index is 0.0529. The number of hydrogen-bond donors (Lipinski definition) is 0. The third-order valence-corrected chi connectivity index (χ3v) is 4.95. The summed E-state index contributed by atoms with van der Waals surface area (Å²) in [5.41, 5.74) is 0.980. The Morgan fingerprint density at radius 2 is 2.25 bits per heavy atom. The van der Waals surface area contributed by atoms with Crippen molar-refractivity contribution in [1.82, 2.24) is 9.88 Å². The maximum atomic E-state index is 12.5. The lowest BCUT2D eigenvalue weighted by molar-refractivity contribution is 0.0183. The SMILES string of the molecule is O=C(c1ccco1)N1C[C@@H]2COC[C@]2(COCc2ccncc2)C1. The van der Waals surface area contributed by atoms with Gasteiger partial charge in [-0.15, -0.1) is 0 Å². The van der Waals surface area contributed by atoms with Gasteiger partial charge in [0.2, 0.25) is 0 Å². The smallest absolute Gasteiger partial charge is 0.289 e. The average molecular weight is 328 g/mol. The van der Waals surface area contributed by atoms with E-state index in [0.29, 0.717) is 51.2 Å². The fourth-order valence-electron chi connectivity index (χ4n) is 3.60. The van der Waals surface area contributed by atoms with Gasteiger partial charge in [0, 0.05) is 36.8 Å². The largest absolute Gasteiger partial charge is 0.459 e. The van der Waals surface area contributed by atoms with E-state index in [9.17, 15) is 4.79 Å². The highest BCUT2D eigenvalue weighted by molar-refractivity contribution is 5.91. The van der Waals surface area contributed by atoms with Crippen LogP contribution in [0, 0.1) is 11.3 Å². The number of fused-ring (bicyclic) bond motifs is 1. The monoisotopic (exact) mass is 328 g/mol. The lowest BCUT2D eigenvalue weighted by Gasteiger charge is -2.26. The predicted octanol–water partition coefficient (Wildman–Crippen LogP) is 1.98. The summed E-state index contributed by atoms with van der Waals surface area (Å²) in [5.74, 6) is 0.653. The zero-order valence-corrected chi connectivity index (χ0v) is 13.4. The Balaban J connectivity index is 1.40. The molecule has 0 bridgehead atoms. The second kappa shape index (κ2) is 6.37. The summed E-state index contributed by atoms with van der Waals surface area (Å²) >= 11 is 0. The maximum absolute atomic E-state index is 12.5. The van der Waals surface area contributed by atoms with Crippen molar-refractivity contribution < 1.29 is 18.7 Å². The van der Waals surface area contributed by atoms with Gasteiger partial charge in [-0.25, -0.2) is 0 Å². The molecule has 1 amide bonds. The Hall–Kier alpha value is -2.18. The molecule has 0 unspecified atom stereocenters. The number of aromatic nitrogens is 1. The Kier molecular flexibility index (Phi) is 4.08. The molecule has 24 heavy (non-hydrogen) atoms. The number of furan rings is 1. The first kappa shape index (κ1) is 15.4. The highest BCUT2D eigenvalue weighted by Crippen LogP contribution is 2.42. The van der Waals surface area contributed by atoms with E-state index in [1.165, 1.54) is 6.26 Å². The van der Waals surface area contributed by atoms with Crippen molar-refractivity contribution in [2.24, 2.45) is 11.3 Å². The van der Waals surface area contributed by atoms with Crippen LogP contribution in [0.15, 0.2) is 47.3 Å². The van der Waals surface area contributed by atoms with Crippen LogP contribution in [0.5, 0.6) is 0 Å². The molecule has 0 saturated carbocycles.